The van der Waals surface area contributed by atoms with Crippen LogP contribution in [0.4, 0.5) is 0 Å². The third-order valence-electron chi connectivity index (χ3n) is 4.21. The van der Waals surface area contributed by atoms with Crippen molar-refractivity contribution in [1.29, 1.82) is 0 Å². The van der Waals surface area contributed by atoms with Gasteiger partial charge in [0, 0.05) is 32.4 Å². The van der Waals surface area contributed by atoms with E-state index in [1.807, 2.05) is 24.4 Å². The first kappa shape index (κ1) is 19.2. The molecule has 0 aliphatic rings. The van der Waals surface area contributed by atoms with Gasteiger partial charge in [0.1, 0.15) is 0 Å². The molecule has 0 amide bonds. The quantitative estimate of drug-likeness (QED) is 0.700. The topological polar surface area (TPSA) is 37.8 Å². The average Bonchev–Trinajstić information content (AvgIpc) is 2.61. The minimum atomic E-state index is 0.772. The second-order valence-corrected chi connectivity index (χ2v) is 6.47. The Morgan fingerprint density at radius 3 is 2.28 bits per heavy atom. The molecule has 5 nitrogen and oxygen atoms in total. The number of aromatic nitrogens is 1. The van der Waals surface area contributed by atoms with Crippen molar-refractivity contribution in [1.82, 2.24) is 14.8 Å². The molecule has 0 aliphatic carbocycles. The van der Waals surface area contributed by atoms with Crippen LogP contribution in [0, 0.1) is 6.92 Å². The first-order valence-corrected chi connectivity index (χ1v) is 8.52. The van der Waals surface area contributed by atoms with Crippen molar-refractivity contribution in [3.8, 4) is 11.5 Å². The minimum Gasteiger partial charge on any atom is -0.493 e. The number of benzene rings is 1. The number of likely N-dealkylation sites (N-methyl/N-ethyl adjacent to an activating group) is 1. The van der Waals surface area contributed by atoms with E-state index in [-0.39, 0.29) is 0 Å². The molecule has 2 rings (SSSR count). The molecule has 0 bridgehead atoms. The summed E-state index contributed by atoms with van der Waals surface area (Å²) in [5.41, 5.74) is 3.53. The lowest BCUT2D eigenvalue weighted by atomic mass is 10.1. The van der Waals surface area contributed by atoms with Crippen LogP contribution in [0.15, 0.2) is 36.5 Å². The van der Waals surface area contributed by atoms with E-state index in [1.165, 1.54) is 11.1 Å². The number of rotatable bonds is 9. The van der Waals surface area contributed by atoms with Gasteiger partial charge in [0.15, 0.2) is 11.5 Å². The van der Waals surface area contributed by atoms with Gasteiger partial charge in [0.2, 0.25) is 0 Å². The molecule has 1 aromatic carbocycles. The van der Waals surface area contributed by atoms with Gasteiger partial charge in [-0.05, 0) is 56.4 Å². The molecule has 0 saturated carbocycles. The Balaban J connectivity index is 2.20. The maximum atomic E-state index is 5.47. The van der Waals surface area contributed by atoms with Crippen LogP contribution in [-0.4, -0.2) is 56.2 Å². The Labute approximate surface area is 151 Å². The molecule has 0 N–H and O–H groups in total. The fourth-order valence-corrected chi connectivity index (χ4v) is 2.71. The Kier molecular flexibility index (Phi) is 7.22. The third kappa shape index (κ3) is 5.73. The van der Waals surface area contributed by atoms with Crippen molar-refractivity contribution in [2.45, 2.75) is 20.0 Å². The normalized spacial score (nSPS) is 11.2. The van der Waals surface area contributed by atoms with E-state index in [4.69, 9.17) is 9.47 Å². The van der Waals surface area contributed by atoms with Crippen LogP contribution >= 0.6 is 0 Å². The molecule has 25 heavy (non-hydrogen) atoms. The van der Waals surface area contributed by atoms with Crippen molar-refractivity contribution in [3.63, 3.8) is 0 Å². The van der Waals surface area contributed by atoms with Gasteiger partial charge in [-0.15, -0.1) is 0 Å². The molecule has 0 aliphatic heterocycles. The van der Waals surface area contributed by atoms with E-state index in [1.54, 1.807) is 14.2 Å². The van der Waals surface area contributed by atoms with Crippen molar-refractivity contribution in [2.75, 3.05) is 41.4 Å². The summed E-state index contributed by atoms with van der Waals surface area (Å²) in [5.74, 6) is 1.54. The lowest BCUT2D eigenvalue weighted by molar-refractivity contribution is 0.223. The Morgan fingerprint density at radius 1 is 0.960 bits per heavy atom. The van der Waals surface area contributed by atoms with E-state index in [0.717, 1.165) is 43.4 Å². The second-order valence-electron chi connectivity index (χ2n) is 6.47. The summed E-state index contributed by atoms with van der Waals surface area (Å²) in [4.78, 5) is 9.09. The highest BCUT2D eigenvalue weighted by Gasteiger charge is 2.13. The van der Waals surface area contributed by atoms with Crippen LogP contribution in [0.5, 0.6) is 11.5 Å². The molecule has 0 atom stereocenters. The van der Waals surface area contributed by atoms with Gasteiger partial charge in [0.25, 0.3) is 0 Å². The molecule has 0 radical (unpaired) electrons. The molecule has 2 aromatic rings. The standard InChI is InChI=1S/C20H29N3O2/c1-16-12-19(24-4)20(25-5)13-17(16)14-23(11-10-22(2)3)15-18-8-6-7-9-21-18/h6-9,12-13H,10-11,14-15H2,1-5H3. The fraction of sp³-hybridized carbons (Fsp3) is 0.450. The monoisotopic (exact) mass is 343 g/mol. The number of nitrogens with zero attached hydrogens (tertiary/aromatic N) is 3. The summed E-state index contributed by atoms with van der Waals surface area (Å²) in [5, 5.41) is 0. The molecule has 0 unspecified atom stereocenters. The van der Waals surface area contributed by atoms with Crippen molar-refractivity contribution in [3.05, 3.63) is 53.3 Å². The first-order chi connectivity index (χ1) is 12.0. The zero-order chi connectivity index (χ0) is 18.2. The van der Waals surface area contributed by atoms with Crippen LogP contribution in [-0.2, 0) is 13.1 Å². The Morgan fingerprint density at radius 2 is 1.68 bits per heavy atom. The van der Waals surface area contributed by atoms with E-state index in [9.17, 15) is 0 Å². The number of methoxy groups -OCH3 is 2. The van der Waals surface area contributed by atoms with Crippen molar-refractivity contribution in [2.24, 2.45) is 0 Å². The smallest absolute Gasteiger partial charge is 0.161 e. The lowest BCUT2D eigenvalue weighted by Crippen LogP contribution is -2.31. The Bertz CT molecular complexity index is 659. The minimum absolute atomic E-state index is 0.772. The van der Waals surface area contributed by atoms with Gasteiger partial charge in [-0.1, -0.05) is 6.07 Å². The first-order valence-electron chi connectivity index (χ1n) is 8.52. The number of hydrogen-bond donors (Lipinski definition) is 0. The van der Waals surface area contributed by atoms with Gasteiger partial charge in [-0.3, -0.25) is 9.88 Å². The highest BCUT2D eigenvalue weighted by molar-refractivity contribution is 5.47. The largest absolute Gasteiger partial charge is 0.493 e. The molecule has 136 valence electrons. The number of aryl methyl sites for hydroxylation is 1. The van der Waals surface area contributed by atoms with E-state index in [2.05, 4.69) is 47.9 Å². The predicted molar refractivity (Wildman–Crippen MR) is 101 cm³/mol. The van der Waals surface area contributed by atoms with Gasteiger partial charge in [-0.25, -0.2) is 0 Å². The van der Waals surface area contributed by atoms with Crippen LogP contribution < -0.4 is 9.47 Å². The van der Waals surface area contributed by atoms with Crippen LogP contribution in [0.1, 0.15) is 16.8 Å². The maximum Gasteiger partial charge on any atom is 0.161 e. The number of ether oxygens (including phenoxy) is 2. The van der Waals surface area contributed by atoms with Crippen molar-refractivity contribution >= 4 is 0 Å². The Hall–Kier alpha value is -2.11. The third-order valence-corrected chi connectivity index (χ3v) is 4.21. The van der Waals surface area contributed by atoms with Crippen LogP contribution in [0.25, 0.3) is 0 Å². The summed E-state index contributed by atoms with van der Waals surface area (Å²) in [6.07, 6.45) is 1.85. The second kappa shape index (κ2) is 9.39. The fourth-order valence-electron chi connectivity index (χ4n) is 2.71. The van der Waals surface area contributed by atoms with Gasteiger partial charge >= 0.3 is 0 Å². The van der Waals surface area contributed by atoms with E-state index < -0.39 is 0 Å². The highest BCUT2D eigenvalue weighted by atomic mass is 16.5. The SMILES string of the molecule is COc1cc(C)c(CN(CCN(C)C)Cc2ccccn2)cc1OC. The van der Waals surface area contributed by atoms with Gasteiger partial charge in [-0.2, -0.15) is 0 Å². The summed E-state index contributed by atoms with van der Waals surface area (Å²) >= 11 is 0. The lowest BCUT2D eigenvalue weighted by Gasteiger charge is -2.25. The molecule has 0 fully saturated rings. The average molecular weight is 343 g/mol. The molecule has 5 heteroatoms. The molecule has 1 heterocycles. The zero-order valence-electron chi connectivity index (χ0n) is 16.0. The molecular weight excluding hydrogens is 314 g/mol. The van der Waals surface area contributed by atoms with Crippen LogP contribution in [0.2, 0.25) is 0 Å². The van der Waals surface area contributed by atoms with Gasteiger partial charge in [0.05, 0.1) is 19.9 Å². The summed E-state index contributed by atoms with van der Waals surface area (Å²) in [7, 11) is 7.54. The number of hydrogen-bond acceptors (Lipinski definition) is 5. The molecule has 0 saturated heterocycles. The molecule has 0 spiro atoms. The summed E-state index contributed by atoms with van der Waals surface area (Å²) < 4.78 is 10.9. The number of pyridine rings is 1. The van der Waals surface area contributed by atoms with E-state index in [0.29, 0.717) is 0 Å². The predicted octanol–water partition coefficient (Wildman–Crippen LogP) is 2.97. The maximum absolute atomic E-state index is 5.47. The zero-order valence-corrected chi connectivity index (χ0v) is 16.0. The van der Waals surface area contributed by atoms with Gasteiger partial charge < -0.3 is 14.4 Å². The molecular formula is C20H29N3O2. The molecule has 1 aromatic heterocycles. The highest BCUT2D eigenvalue weighted by Crippen LogP contribution is 2.31. The van der Waals surface area contributed by atoms with Crippen LogP contribution in [0.3, 0.4) is 0 Å². The summed E-state index contributed by atoms with van der Waals surface area (Å²) in [6.45, 7) is 5.75. The van der Waals surface area contributed by atoms with E-state index >= 15 is 0 Å². The van der Waals surface area contributed by atoms with Crippen molar-refractivity contribution < 1.29 is 9.47 Å². The summed E-state index contributed by atoms with van der Waals surface area (Å²) in [6, 6.07) is 10.2.